The molecule has 6 heteroatoms. The maximum absolute atomic E-state index is 12.1. The summed E-state index contributed by atoms with van der Waals surface area (Å²) in [4.78, 5) is 12.1. The predicted molar refractivity (Wildman–Crippen MR) is 91.5 cm³/mol. The van der Waals surface area contributed by atoms with E-state index in [1.54, 1.807) is 6.33 Å². The molecule has 0 unspecified atom stereocenters. The highest BCUT2D eigenvalue weighted by Gasteiger charge is 2.44. The Kier molecular flexibility index (Phi) is 4.71. The van der Waals surface area contributed by atoms with E-state index in [4.69, 9.17) is 0 Å². The lowest BCUT2D eigenvalue weighted by Crippen LogP contribution is -2.33. The number of amides is 1. The van der Waals surface area contributed by atoms with Crippen LogP contribution < -0.4 is 5.32 Å². The van der Waals surface area contributed by atoms with Crippen molar-refractivity contribution in [2.75, 3.05) is 12.3 Å². The minimum absolute atomic E-state index is 0.0514. The second kappa shape index (κ2) is 6.74. The average molecular weight is 330 g/mol. The van der Waals surface area contributed by atoms with Crippen LogP contribution in [0.3, 0.4) is 0 Å². The summed E-state index contributed by atoms with van der Waals surface area (Å²) in [6.45, 7) is 4.86. The van der Waals surface area contributed by atoms with Crippen molar-refractivity contribution < 1.29 is 4.79 Å². The molecule has 122 valence electrons. The molecular formula is C17H22N4OS. The van der Waals surface area contributed by atoms with Crippen LogP contribution in [-0.2, 0) is 10.2 Å². The van der Waals surface area contributed by atoms with E-state index in [0.29, 0.717) is 18.3 Å². The van der Waals surface area contributed by atoms with E-state index in [2.05, 4.69) is 53.6 Å². The number of nitrogens with zero attached hydrogens (tertiary/aromatic N) is 3. The molecule has 0 aliphatic heterocycles. The molecule has 1 aromatic carbocycles. The quantitative estimate of drug-likeness (QED) is 0.793. The highest BCUT2D eigenvalue weighted by atomic mass is 32.2. The molecule has 1 fully saturated rings. The van der Waals surface area contributed by atoms with Gasteiger partial charge in [-0.1, -0.05) is 42.1 Å². The van der Waals surface area contributed by atoms with E-state index in [1.165, 1.54) is 17.3 Å². The minimum atomic E-state index is 0.0514. The van der Waals surface area contributed by atoms with Gasteiger partial charge >= 0.3 is 0 Å². The number of hydrogen-bond donors (Lipinski definition) is 1. The normalized spacial score (nSPS) is 15.6. The fourth-order valence-electron chi connectivity index (χ4n) is 2.65. The molecule has 1 N–H and O–H groups in total. The summed E-state index contributed by atoms with van der Waals surface area (Å²) < 4.78 is 1.98. The first-order chi connectivity index (χ1) is 11.1. The summed E-state index contributed by atoms with van der Waals surface area (Å²) in [5, 5.41) is 11.9. The molecule has 1 heterocycles. The Balaban J connectivity index is 1.50. The molecule has 0 spiro atoms. The van der Waals surface area contributed by atoms with Crippen LogP contribution in [0.2, 0.25) is 0 Å². The summed E-state index contributed by atoms with van der Waals surface area (Å²) in [7, 11) is 0. The van der Waals surface area contributed by atoms with Crippen molar-refractivity contribution in [3.8, 4) is 0 Å². The number of hydrogen-bond acceptors (Lipinski definition) is 4. The molecule has 1 aromatic heterocycles. The molecule has 3 rings (SSSR count). The maximum Gasteiger partial charge on any atom is 0.230 e. The molecule has 23 heavy (non-hydrogen) atoms. The van der Waals surface area contributed by atoms with E-state index >= 15 is 0 Å². The summed E-state index contributed by atoms with van der Waals surface area (Å²) >= 11 is 1.43. The Labute approximate surface area is 140 Å². The van der Waals surface area contributed by atoms with E-state index < -0.39 is 0 Å². The lowest BCUT2D eigenvalue weighted by atomic mass is 9.96. The third kappa shape index (κ3) is 3.75. The molecule has 0 atom stereocenters. The molecule has 0 saturated heterocycles. The lowest BCUT2D eigenvalue weighted by Gasteiger charge is -2.16. The summed E-state index contributed by atoms with van der Waals surface area (Å²) in [6, 6.07) is 10.7. The SMILES string of the molecule is CC(C)n1cnnc1SCC(=O)NCC1(c2ccccc2)CC1. The van der Waals surface area contributed by atoms with Crippen molar-refractivity contribution in [1.29, 1.82) is 0 Å². The van der Waals surface area contributed by atoms with Crippen LogP contribution in [0.15, 0.2) is 41.8 Å². The van der Waals surface area contributed by atoms with Gasteiger partial charge in [-0.15, -0.1) is 10.2 Å². The van der Waals surface area contributed by atoms with Crippen LogP contribution in [-0.4, -0.2) is 33.0 Å². The third-order valence-electron chi connectivity index (χ3n) is 4.29. The number of nitrogens with one attached hydrogen (secondary N) is 1. The molecule has 5 nitrogen and oxygen atoms in total. The van der Waals surface area contributed by atoms with Gasteiger partial charge in [0.2, 0.25) is 5.91 Å². The first-order valence-electron chi connectivity index (χ1n) is 7.95. The van der Waals surface area contributed by atoms with Gasteiger partial charge in [-0.05, 0) is 32.3 Å². The maximum atomic E-state index is 12.1. The number of benzene rings is 1. The number of carbonyl (C=O) groups is 1. The molecule has 1 amide bonds. The summed E-state index contributed by atoms with van der Waals surface area (Å²) in [5.74, 6) is 0.423. The van der Waals surface area contributed by atoms with Gasteiger partial charge in [0.05, 0.1) is 5.75 Å². The van der Waals surface area contributed by atoms with Gasteiger partial charge < -0.3 is 9.88 Å². The minimum Gasteiger partial charge on any atom is -0.354 e. The Morgan fingerprint density at radius 1 is 1.35 bits per heavy atom. The van der Waals surface area contributed by atoms with Crippen molar-refractivity contribution >= 4 is 17.7 Å². The molecule has 1 aliphatic rings. The lowest BCUT2D eigenvalue weighted by molar-refractivity contribution is -0.118. The number of aromatic nitrogens is 3. The van der Waals surface area contributed by atoms with Crippen molar-refractivity contribution in [2.45, 2.75) is 43.3 Å². The fourth-order valence-corrected chi connectivity index (χ4v) is 3.52. The zero-order valence-corrected chi connectivity index (χ0v) is 14.3. The zero-order chi connectivity index (χ0) is 16.3. The predicted octanol–water partition coefficient (Wildman–Crippen LogP) is 2.80. The van der Waals surface area contributed by atoms with E-state index in [1.807, 2.05) is 10.6 Å². The Morgan fingerprint density at radius 3 is 2.74 bits per heavy atom. The van der Waals surface area contributed by atoms with Crippen LogP contribution in [0.4, 0.5) is 0 Å². The van der Waals surface area contributed by atoms with Crippen LogP contribution >= 0.6 is 11.8 Å². The van der Waals surface area contributed by atoms with Gasteiger partial charge in [-0.2, -0.15) is 0 Å². The zero-order valence-electron chi connectivity index (χ0n) is 13.5. The summed E-state index contributed by atoms with van der Waals surface area (Å²) in [5.41, 5.74) is 1.48. The molecule has 1 aliphatic carbocycles. The smallest absolute Gasteiger partial charge is 0.230 e. The van der Waals surface area contributed by atoms with Crippen molar-refractivity contribution in [2.24, 2.45) is 0 Å². The van der Waals surface area contributed by atoms with Crippen LogP contribution in [0.25, 0.3) is 0 Å². The Morgan fingerprint density at radius 2 is 2.09 bits per heavy atom. The molecule has 0 radical (unpaired) electrons. The number of carbonyl (C=O) groups excluding carboxylic acids is 1. The van der Waals surface area contributed by atoms with Crippen LogP contribution in [0, 0.1) is 0 Å². The molecular weight excluding hydrogens is 308 g/mol. The van der Waals surface area contributed by atoms with E-state index in [-0.39, 0.29) is 11.3 Å². The molecule has 2 aromatic rings. The average Bonchev–Trinajstić information content (AvgIpc) is 3.20. The van der Waals surface area contributed by atoms with Crippen LogP contribution in [0.5, 0.6) is 0 Å². The van der Waals surface area contributed by atoms with E-state index in [0.717, 1.165) is 18.0 Å². The largest absolute Gasteiger partial charge is 0.354 e. The first-order valence-corrected chi connectivity index (χ1v) is 8.94. The Hall–Kier alpha value is -1.82. The van der Waals surface area contributed by atoms with Gasteiger partial charge in [0.25, 0.3) is 0 Å². The molecule has 0 bridgehead atoms. The topological polar surface area (TPSA) is 59.8 Å². The van der Waals surface area contributed by atoms with Crippen molar-refractivity contribution in [1.82, 2.24) is 20.1 Å². The van der Waals surface area contributed by atoms with Gasteiger partial charge in [-0.3, -0.25) is 4.79 Å². The van der Waals surface area contributed by atoms with Crippen LogP contribution in [0.1, 0.15) is 38.3 Å². The second-order valence-electron chi connectivity index (χ2n) is 6.33. The number of thioether (sulfide) groups is 1. The van der Waals surface area contributed by atoms with E-state index in [9.17, 15) is 4.79 Å². The van der Waals surface area contributed by atoms with Gasteiger partial charge in [0.15, 0.2) is 5.16 Å². The third-order valence-corrected chi connectivity index (χ3v) is 5.25. The van der Waals surface area contributed by atoms with Gasteiger partial charge in [-0.25, -0.2) is 0 Å². The Bertz CT molecular complexity index is 664. The van der Waals surface area contributed by atoms with Gasteiger partial charge in [0.1, 0.15) is 6.33 Å². The van der Waals surface area contributed by atoms with Gasteiger partial charge in [0, 0.05) is 18.0 Å². The highest BCUT2D eigenvalue weighted by Crippen LogP contribution is 2.47. The first kappa shape index (κ1) is 16.1. The van der Waals surface area contributed by atoms with Crippen molar-refractivity contribution in [3.63, 3.8) is 0 Å². The molecule has 1 saturated carbocycles. The van der Waals surface area contributed by atoms with Crippen molar-refractivity contribution in [3.05, 3.63) is 42.2 Å². The standard InChI is InChI=1S/C17H22N4OS/c1-13(2)21-12-19-20-16(21)23-10-15(22)18-11-17(8-9-17)14-6-4-3-5-7-14/h3-7,12-13H,8-11H2,1-2H3,(H,18,22). The fraction of sp³-hybridized carbons (Fsp3) is 0.471. The number of rotatable bonds is 7. The highest BCUT2D eigenvalue weighted by molar-refractivity contribution is 7.99. The summed E-state index contributed by atoms with van der Waals surface area (Å²) in [6.07, 6.45) is 4.00. The second-order valence-corrected chi connectivity index (χ2v) is 7.27. The monoisotopic (exact) mass is 330 g/mol.